The largest absolute Gasteiger partial charge is 0.294 e. The molecule has 2 rings (SSSR count). The zero-order valence-corrected chi connectivity index (χ0v) is 15.0. The van der Waals surface area contributed by atoms with Gasteiger partial charge in [-0.25, -0.2) is 0 Å². The Kier molecular flexibility index (Phi) is 4.65. The van der Waals surface area contributed by atoms with Crippen LogP contribution in [-0.4, -0.2) is 5.78 Å². The predicted molar refractivity (Wildman–Crippen MR) is 94.2 cm³/mol. The maximum absolute atomic E-state index is 12.8. The minimum atomic E-state index is 0.0325. The number of carbonyl (C=O) groups is 1. The van der Waals surface area contributed by atoms with Crippen molar-refractivity contribution in [3.63, 3.8) is 0 Å². The molecule has 1 aromatic rings. The van der Waals surface area contributed by atoms with Crippen LogP contribution in [0.2, 0.25) is 0 Å². The third-order valence-corrected chi connectivity index (χ3v) is 4.92. The fourth-order valence-electron chi connectivity index (χ4n) is 3.63. The molecule has 0 spiro atoms. The van der Waals surface area contributed by atoms with Crippen LogP contribution in [0.4, 0.5) is 0 Å². The van der Waals surface area contributed by atoms with Crippen molar-refractivity contribution in [2.24, 2.45) is 5.41 Å². The molecule has 1 aliphatic rings. The molecule has 22 heavy (non-hydrogen) atoms. The maximum Gasteiger partial charge on any atom is 0.163 e. The summed E-state index contributed by atoms with van der Waals surface area (Å²) < 4.78 is 0. The zero-order chi connectivity index (χ0) is 16.5. The van der Waals surface area contributed by atoms with Gasteiger partial charge in [0.1, 0.15) is 0 Å². The van der Waals surface area contributed by atoms with Gasteiger partial charge in [0, 0.05) is 12.0 Å². The van der Waals surface area contributed by atoms with Crippen molar-refractivity contribution in [2.45, 2.75) is 72.6 Å². The second kappa shape index (κ2) is 6.02. The Morgan fingerprint density at radius 3 is 2.23 bits per heavy atom. The highest BCUT2D eigenvalue weighted by molar-refractivity contribution is 5.98. The Labute approximate surface area is 135 Å². The zero-order valence-electron chi connectivity index (χ0n) is 15.0. The summed E-state index contributed by atoms with van der Waals surface area (Å²) in [5.41, 5.74) is 5.01. The second-order valence-electron chi connectivity index (χ2n) is 8.44. The molecular weight excluding hydrogens is 268 g/mol. The molecule has 0 heterocycles. The van der Waals surface area contributed by atoms with Gasteiger partial charge in [0.2, 0.25) is 0 Å². The van der Waals surface area contributed by atoms with Gasteiger partial charge in [-0.2, -0.15) is 0 Å². The van der Waals surface area contributed by atoms with Crippen molar-refractivity contribution < 1.29 is 4.79 Å². The van der Waals surface area contributed by atoms with Gasteiger partial charge in [0.15, 0.2) is 5.78 Å². The smallest absolute Gasteiger partial charge is 0.163 e. The molecule has 0 N–H and O–H groups in total. The van der Waals surface area contributed by atoms with Gasteiger partial charge in [0.05, 0.1) is 0 Å². The van der Waals surface area contributed by atoms with Gasteiger partial charge < -0.3 is 0 Å². The van der Waals surface area contributed by atoms with Crippen LogP contribution in [0.1, 0.15) is 71.9 Å². The van der Waals surface area contributed by atoms with E-state index in [4.69, 9.17) is 0 Å². The summed E-state index contributed by atoms with van der Waals surface area (Å²) in [4.78, 5) is 12.8. The van der Waals surface area contributed by atoms with E-state index in [0.717, 1.165) is 24.0 Å². The van der Waals surface area contributed by atoms with Crippen LogP contribution in [0.3, 0.4) is 0 Å². The quantitative estimate of drug-likeness (QED) is 0.707. The van der Waals surface area contributed by atoms with E-state index in [-0.39, 0.29) is 10.8 Å². The molecule has 1 heteroatoms. The lowest BCUT2D eigenvalue weighted by molar-refractivity contribution is -0.116. The van der Waals surface area contributed by atoms with E-state index in [2.05, 4.69) is 65.8 Å². The van der Waals surface area contributed by atoms with E-state index < -0.39 is 0 Å². The minimum absolute atomic E-state index is 0.0325. The fourth-order valence-corrected chi connectivity index (χ4v) is 3.63. The lowest BCUT2D eigenvalue weighted by Crippen LogP contribution is -2.27. The van der Waals surface area contributed by atoms with Crippen LogP contribution in [0.25, 0.3) is 0 Å². The summed E-state index contributed by atoms with van der Waals surface area (Å²) in [6.07, 6.45) is 3.93. The molecule has 0 atom stereocenters. The number of carbonyl (C=O) groups excluding carboxylic acids is 1. The molecule has 0 amide bonds. The van der Waals surface area contributed by atoms with Crippen LogP contribution in [0.5, 0.6) is 0 Å². The summed E-state index contributed by atoms with van der Waals surface area (Å²) in [5.74, 6) is 0.311. The number of ketones is 1. The first-order valence-corrected chi connectivity index (χ1v) is 8.44. The SMILES string of the molecule is CC1=C(C(=O)Cc2ccc(C(C)(C)C)cc2)C(C)(C)CCC1. The summed E-state index contributed by atoms with van der Waals surface area (Å²) in [6, 6.07) is 8.56. The third-order valence-electron chi connectivity index (χ3n) is 4.92. The van der Waals surface area contributed by atoms with Gasteiger partial charge in [-0.15, -0.1) is 0 Å². The van der Waals surface area contributed by atoms with Crippen LogP contribution < -0.4 is 0 Å². The van der Waals surface area contributed by atoms with Crippen molar-refractivity contribution in [1.29, 1.82) is 0 Å². The molecule has 120 valence electrons. The summed E-state index contributed by atoms with van der Waals surface area (Å²) >= 11 is 0. The van der Waals surface area contributed by atoms with Gasteiger partial charge in [-0.05, 0) is 48.1 Å². The molecule has 0 saturated carbocycles. The number of hydrogen-bond acceptors (Lipinski definition) is 1. The lowest BCUT2D eigenvalue weighted by Gasteiger charge is -2.33. The first-order chi connectivity index (χ1) is 10.1. The van der Waals surface area contributed by atoms with Gasteiger partial charge in [-0.1, -0.05) is 64.5 Å². The second-order valence-corrected chi connectivity index (χ2v) is 8.44. The monoisotopic (exact) mass is 298 g/mol. The third kappa shape index (κ3) is 3.69. The van der Waals surface area contributed by atoms with E-state index in [1.807, 2.05) is 0 Å². The molecule has 0 unspecified atom stereocenters. The van der Waals surface area contributed by atoms with E-state index in [1.54, 1.807) is 0 Å². The van der Waals surface area contributed by atoms with Crippen LogP contribution in [0.15, 0.2) is 35.4 Å². The summed E-state index contributed by atoms with van der Waals surface area (Å²) in [6.45, 7) is 13.2. The van der Waals surface area contributed by atoms with Crippen molar-refractivity contribution >= 4 is 5.78 Å². The molecule has 0 radical (unpaired) electrons. The predicted octanol–water partition coefficient (Wildman–Crippen LogP) is 5.62. The van der Waals surface area contributed by atoms with Gasteiger partial charge in [-0.3, -0.25) is 4.79 Å². The maximum atomic E-state index is 12.8. The number of benzene rings is 1. The first-order valence-electron chi connectivity index (χ1n) is 8.44. The average Bonchev–Trinajstić information content (AvgIpc) is 2.36. The van der Waals surface area contributed by atoms with Crippen molar-refractivity contribution in [3.05, 3.63) is 46.5 Å². The van der Waals surface area contributed by atoms with E-state index in [0.29, 0.717) is 12.2 Å². The summed E-state index contributed by atoms with van der Waals surface area (Å²) in [5, 5.41) is 0. The van der Waals surface area contributed by atoms with Crippen LogP contribution in [0, 0.1) is 5.41 Å². The van der Waals surface area contributed by atoms with E-state index in [9.17, 15) is 4.79 Å². The first kappa shape index (κ1) is 17.0. The molecule has 0 aromatic heterocycles. The molecule has 0 bridgehead atoms. The fraction of sp³-hybridized carbons (Fsp3) is 0.571. The topological polar surface area (TPSA) is 17.1 Å². The average molecular weight is 298 g/mol. The number of rotatable bonds is 3. The number of hydrogen-bond donors (Lipinski definition) is 0. The lowest BCUT2D eigenvalue weighted by atomic mass is 9.70. The molecule has 0 fully saturated rings. The standard InChI is InChI=1S/C21H30O/c1-15-8-7-13-21(5,6)19(15)18(22)14-16-9-11-17(12-10-16)20(2,3)4/h9-12H,7-8,13-14H2,1-6H3. The molecule has 1 aromatic carbocycles. The molecule has 0 saturated heterocycles. The molecule has 0 aliphatic heterocycles. The Hall–Kier alpha value is -1.37. The van der Waals surface area contributed by atoms with Crippen molar-refractivity contribution in [2.75, 3.05) is 0 Å². The molecule has 1 nitrogen and oxygen atoms in total. The Morgan fingerprint density at radius 2 is 1.73 bits per heavy atom. The normalized spacial score (nSPS) is 18.5. The van der Waals surface area contributed by atoms with E-state index in [1.165, 1.54) is 17.6 Å². The number of Topliss-reactive ketones (excluding diaryl/α,β-unsaturated/α-hetero) is 1. The van der Waals surface area contributed by atoms with E-state index >= 15 is 0 Å². The van der Waals surface area contributed by atoms with Crippen molar-refractivity contribution in [1.82, 2.24) is 0 Å². The summed E-state index contributed by atoms with van der Waals surface area (Å²) in [7, 11) is 0. The Morgan fingerprint density at radius 1 is 1.14 bits per heavy atom. The Bertz CT molecular complexity index is 579. The van der Waals surface area contributed by atoms with Crippen LogP contribution in [-0.2, 0) is 16.6 Å². The van der Waals surface area contributed by atoms with Gasteiger partial charge >= 0.3 is 0 Å². The highest BCUT2D eigenvalue weighted by Gasteiger charge is 2.32. The Balaban J connectivity index is 2.19. The molecular formula is C21H30O. The van der Waals surface area contributed by atoms with Crippen LogP contribution >= 0.6 is 0 Å². The van der Waals surface area contributed by atoms with Gasteiger partial charge in [0.25, 0.3) is 0 Å². The highest BCUT2D eigenvalue weighted by Crippen LogP contribution is 2.40. The molecule has 1 aliphatic carbocycles. The minimum Gasteiger partial charge on any atom is -0.294 e. The highest BCUT2D eigenvalue weighted by atomic mass is 16.1. The van der Waals surface area contributed by atoms with Crippen molar-refractivity contribution in [3.8, 4) is 0 Å². The number of allylic oxidation sites excluding steroid dienone is 2.